The Morgan fingerprint density at radius 1 is 1.42 bits per heavy atom. The van der Waals surface area contributed by atoms with Crippen LogP contribution in [0, 0.1) is 0 Å². The number of unbranched alkanes of at least 4 members (excludes halogenated alkanes) is 2. The fraction of sp³-hybridized carbons (Fsp3) is 0.875. The van der Waals surface area contributed by atoms with Crippen molar-refractivity contribution < 1.29 is 9.90 Å². The van der Waals surface area contributed by atoms with Crippen molar-refractivity contribution in [3.05, 3.63) is 0 Å². The molecule has 3 N–H and O–H groups in total. The van der Waals surface area contributed by atoms with Crippen LogP contribution < -0.4 is 5.84 Å². The molecule has 0 saturated carbocycles. The molecule has 0 aromatic carbocycles. The number of carbonyl (C=O) groups is 1. The molecule has 0 atom stereocenters. The van der Waals surface area contributed by atoms with Crippen molar-refractivity contribution in [3.8, 4) is 0 Å². The number of nitrogens with zero attached hydrogens (tertiary/aromatic N) is 1. The summed E-state index contributed by atoms with van der Waals surface area (Å²) in [6, 6.07) is 0. The van der Waals surface area contributed by atoms with Crippen LogP contribution in [-0.4, -0.2) is 29.2 Å². The van der Waals surface area contributed by atoms with E-state index in [2.05, 4.69) is 6.92 Å². The van der Waals surface area contributed by atoms with E-state index < -0.39 is 5.97 Å². The van der Waals surface area contributed by atoms with E-state index in [1.807, 2.05) is 0 Å². The van der Waals surface area contributed by atoms with Gasteiger partial charge >= 0.3 is 5.97 Å². The summed E-state index contributed by atoms with van der Waals surface area (Å²) in [6.07, 6.45) is 3.49. The molecule has 0 aromatic heterocycles. The maximum Gasteiger partial charge on any atom is 0.304 e. The third kappa shape index (κ3) is 7.50. The number of carboxylic acids is 1. The van der Waals surface area contributed by atoms with Gasteiger partial charge in [0.25, 0.3) is 0 Å². The van der Waals surface area contributed by atoms with Gasteiger partial charge in [-0.25, -0.2) is 5.01 Å². The lowest BCUT2D eigenvalue weighted by atomic mass is 10.2. The average molecular weight is 174 g/mol. The number of aliphatic carboxylic acids is 1. The lowest BCUT2D eigenvalue weighted by Gasteiger charge is -2.13. The van der Waals surface area contributed by atoms with Crippen molar-refractivity contribution in [3.63, 3.8) is 0 Å². The minimum Gasteiger partial charge on any atom is -0.481 e. The lowest BCUT2D eigenvalue weighted by molar-refractivity contribution is -0.137. The van der Waals surface area contributed by atoms with Gasteiger partial charge in [0.1, 0.15) is 0 Å². The van der Waals surface area contributed by atoms with Crippen LogP contribution >= 0.6 is 0 Å². The van der Waals surface area contributed by atoms with Gasteiger partial charge in [0.05, 0.1) is 6.42 Å². The van der Waals surface area contributed by atoms with Crippen LogP contribution in [0.3, 0.4) is 0 Å². The highest BCUT2D eigenvalue weighted by atomic mass is 16.4. The molecule has 0 heterocycles. The number of hydrogen-bond acceptors (Lipinski definition) is 3. The minimum absolute atomic E-state index is 0.128. The van der Waals surface area contributed by atoms with Gasteiger partial charge in [-0.2, -0.15) is 0 Å². The zero-order chi connectivity index (χ0) is 9.40. The highest BCUT2D eigenvalue weighted by Gasteiger charge is 2.01. The first-order valence-corrected chi connectivity index (χ1v) is 4.38. The van der Waals surface area contributed by atoms with Gasteiger partial charge in [0.2, 0.25) is 0 Å². The van der Waals surface area contributed by atoms with Gasteiger partial charge in [0, 0.05) is 13.1 Å². The molecule has 0 saturated heterocycles. The lowest BCUT2D eigenvalue weighted by Crippen LogP contribution is -2.33. The predicted molar refractivity (Wildman–Crippen MR) is 47.5 cm³/mol. The largest absolute Gasteiger partial charge is 0.481 e. The molecule has 0 rings (SSSR count). The van der Waals surface area contributed by atoms with E-state index in [9.17, 15) is 4.79 Å². The van der Waals surface area contributed by atoms with Crippen LogP contribution in [0.25, 0.3) is 0 Å². The second-order valence-corrected chi connectivity index (χ2v) is 2.89. The van der Waals surface area contributed by atoms with E-state index in [-0.39, 0.29) is 6.42 Å². The molecule has 4 heteroatoms. The van der Waals surface area contributed by atoms with Crippen LogP contribution in [0.4, 0.5) is 0 Å². The molecule has 4 nitrogen and oxygen atoms in total. The molecule has 0 aliphatic carbocycles. The quantitative estimate of drug-likeness (QED) is 0.341. The summed E-state index contributed by atoms with van der Waals surface area (Å²) in [5, 5.41) is 9.92. The Hall–Kier alpha value is -0.610. The molecule has 72 valence electrons. The van der Waals surface area contributed by atoms with Crippen LogP contribution in [0.2, 0.25) is 0 Å². The fourth-order valence-corrected chi connectivity index (χ4v) is 0.916. The molecule has 0 aliphatic rings. The van der Waals surface area contributed by atoms with Gasteiger partial charge in [-0.05, 0) is 6.42 Å². The maximum atomic E-state index is 10.2. The van der Waals surface area contributed by atoms with Crippen LogP contribution in [0.5, 0.6) is 0 Å². The first-order chi connectivity index (χ1) is 5.66. The Balaban J connectivity index is 3.21. The second-order valence-electron chi connectivity index (χ2n) is 2.89. The third-order valence-electron chi connectivity index (χ3n) is 1.66. The Labute approximate surface area is 73.3 Å². The van der Waals surface area contributed by atoms with Crippen LogP contribution in [-0.2, 0) is 4.79 Å². The zero-order valence-corrected chi connectivity index (χ0v) is 7.62. The van der Waals surface area contributed by atoms with Gasteiger partial charge in [-0.1, -0.05) is 19.8 Å². The fourth-order valence-electron chi connectivity index (χ4n) is 0.916. The van der Waals surface area contributed by atoms with Crippen molar-refractivity contribution in [2.24, 2.45) is 5.84 Å². The second kappa shape index (κ2) is 7.06. The minimum atomic E-state index is -0.791. The predicted octanol–water partition coefficient (Wildman–Crippen LogP) is 0.827. The van der Waals surface area contributed by atoms with Gasteiger partial charge in [-0.15, -0.1) is 0 Å². The van der Waals surface area contributed by atoms with E-state index in [0.717, 1.165) is 25.8 Å². The summed E-state index contributed by atoms with van der Waals surface area (Å²) in [6.45, 7) is 3.36. The van der Waals surface area contributed by atoms with E-state index in [4.69, 9.17) is 10.9 Å². The molecule has 0 aromatic rings. The summed E-state index contributed by atoms with van der Waals surface area (Å²) in [5.74, 6) is 4.74. The smallest absolute Gasteiger partial charge is 0.304 e. The Morgan fingerprint density at radius 3 is 2.58 bits per heavy atom. The number of rotatable bonds is 7. The number of nitrogens with two attached hydrogens (primary N) is 1. The first-order valence-electron chi connectivity index (χ1n) is 4.38. The van der Waals surface area contributed by atoms with Crippen molar-refractivity contribution in [1.82, 2.24) is 5.01 Å². The highest BCUT2D eigenvalue weighted by molar-refractivity contribution is 5.66. The normalized spacial score (nSPS) is 10.6. The highest BCUT2D eigenvalue weighted by Crippen LogP contribution is 1.95. The summed E-state index contributed by atoms with van der Waals surface area (Å²) in [5.41, 5.74) is 0. The molecule has 0 fully saturated rings. The number of hydrazine groups is 1. The van der Waals surface area contributed by atoms with Crippen LogP contribution in [0.1, 0.15) is 32.6 Å². The summed E-state index contributed by atoms with van der Waals surface area (Å²) in [4.78, 5) is 10.2. The molecular weight excluding hydrogens is 156 g/mol. The molecule has 0 radical (unpaired) electrons. The molecule has 0 spiro atoms. The van der Waals surface area contributed by atoms with E-state index >= 15 is 0 Å². The van der Waals surface area contributed by atoms with Gasteiger partial charge in [0.15, 0.2) is 0 Å². The van der Waals surface area contributed by atoms with Crippen molar-refractivity contribution in [2.45, 2.75) is 32.6 Å². The molecular formula is C8H18N2O2. The number of hydrogen-bond donors (Lipinski definition) is 2. The Kier molecular flexibility index (Phi) is 6.70. The first kappa shape index (κ1) is 11.4. The van der Waals surface area contributed by atoms with Gasteiger partial charge in [-0.3, -0.25) is 10.6 Å². The van der Waals surface area contributed by atoms with E-state index in [1.54, 1.807) is 5.01 Å². The van der Waals surface area contributed by atoms with Crippen molar-refractivity contribution in [2.75, 3.05) is 13.1 Å². The Bertz CT molecular complexity index is 128. The topological polar surface area (TPSA) is 66.6 Å². The zero-order valence-electron chi connectivity index (χ0n) is 7.62. The van der Waals surface area contributed by atoms with Crippen molar-refractivity contribution in [1.29, 1.82) is 0 Å². The average Bonchev–Trinajstić information content (AvgIpc) is 2.01. The molecule has 0 amide bonds. The molecule has 0 bridgehead atoms. The Morgan fingerprint density at radius 2 is 2.08 bits per heavy atom. The monoisotopic (exact) mass is 174 g/mol. The van der Waals surface area contributed by atoms with Crippen molar-refractivity contribution >= 4 is 5.97 Å². The maximum absolute atomic E-state index is 10.2. The van der Waals surface area contributed by atoms with E-state index in [0.29, 0.717) is 6.54 Å². The van der Waals surface area contributed by atoms with E-state index in [1.165, 1.54) is 0 Å². The molecule has 0 aliphatic heterocycles. The standard InChI is InChI=1S/C8H18N2O2/c1-2-3-4-6-10(9)7-5-8(11)12/h2-7,9H2,1H3,(H,11,12). The summed E-state index contributed by atoms with van der Waals surface area (Å²) in [7, 11) is 0. The molecule has 12 heavy (non-hydrogen) atoms. The summed E-state index contributed by atoms with van der Waals surface area (Å²) < 4.78 is 0. The number of carboxylic acid groups (broad SMARTS) is 1. The third-order valence-corrected chi connectivity index (χ3v) is 1.66. The van der Waals surface area contributed by atoms with Gasteiger partial charge < -0.3 is 5.11 Å². The SMILES string of the molecule is CCCCCN(N)CCC(=O)O. The van der Waals surface area contributed by atoms with Crippen LogP contribution in [0.15, 0.2) is 0 Å². The molecule has 0 unspecified atom stereocenters. The summed E-state index contributed by atoms with van der Waals surface area (Å²) >= 11 is 0.